The fraction of sp³-hybridized carbons (Fsp3) is 0.240. The van der Waals surface area contributed by atoms with Crippen LogP contribution in [0.15, 0.2) is 72.8 Å². The Labute approximate surface area is 171 Å². The van der Waals surface area contributed by atoms with Gasteiger partial charge in [-0.1, -0.05) is 43.3 Å². The fourth-order valence-electron chi connectivity index (χ4n) is 2.94. The molecule has 0 spiro atoms. The Morgan fingerprint density at radius 3 is 2.28 bits per heavy atom. The van der Waals surface area contributed by atoms with E-state index in [9.17, 15) is 9.18 Å². The molecule has 0 N–H and O–H groups in total. The number of para-hydroxylation sites is 1. The van der Waals surface area contributed by atoms with Gasteiger partial charge in [0, 0.05) is 6.42 Å². The van der Waals surface area contributed by atoms with Gasteiger partial charge >= 0.3 is 0 Å². The number of benzene rings is 3. The predicted octanol–water partition coefficient (Wildman–Crippen LogP) is 6.01. The SMILES string of the molecule is CCc1ccc(OCCCC(=O)c2ccccc2OCc2ccc(F)cc2)cc1. The first-order valence-electron chi connectivity index (χ1n) is 9.87. The molecule has 0 aliphatic rings. The molecule has 0 amide bonds. The van der Waals surface area contributed by atoms with Crippen LogP contribution in [-0.4, -0.2) is 12.4 Å². The van der Waals surface area contributed by atoms with E-state index in [0.717, 1.165) is 17.7 Å². The van der Waals surface area contributed by atoms with Crippen LogP contribution < -0.4 is 9.47 Å². The van der Waals surface area contributed by atoms with Gasteiger partial charge in [0.2, 0.25) is 0 Å². The van der Waals surface area contributed by atoms with Crippen molar-refractivity contribution in [2.75, 3.05) is 6.61 Å². The molecular weight excluding hydrogens is 367 g/mol. The zero-order chi connectivity index (χ0) is 20.5. The molecule has 0 aromatic heterocycles. The smallest absolute Gasteiger partial charge is 0.166 e. The van der Waals surface area contributed by atoms with Crippen LogP contribution in [0.3, 0.4) is 0 Å². The highest BCUT2D eigenvalue weighted by Gasteiger charge is 2.12. The van der Waals surface area contributed by atoms with Gasteiger partial charge in [-0.3, -0.25) is 4.79 Å². The lowest BCUT2D eigenvalue weighted by molar-refractivity contribution is 0.0969. The highest BCUT2D eigenvalue weighted by molar-refractivity contribution is 5.98. The van der Waals surface area contributed by atoms with Crippen molar-refractivity contribution >= 4 is 5.78 Å². The normalized spacial score (nSPS) is 10.6. The molecule has 0 heterocycles. The highest BCUT2D eigenvalue weighted by Crippen LogP contribution is 2.22. The van der Waals surface area contributed by atoms with Crippen LogP contribution in [-0.2, 0) is 13.0 Å². The Balaban J connectivity index is 1.50. The van der Waals surface area contributed by atoms with Crippen molar-refractivity contribution in [2.45, 2.75) is 32.8 Å². The molecule has 0 aliphatic carbocycles. The molecule has 0 aliphatic heterocycles. The molecule has 0 saturated carbocycles. The van der Waals surface area contributed by atoms with Crippen molar-refractivity contribution in [3.63, 3.8) is 0 Å². The summed E-state index contributed by atoms with van der Waals surface area (Å²) in [6.45, 7) is 2.87. The summed E-state index contributed by atoms with van der Waals surface area (Å²) in [6, 6.07) is 21.4. The van der Waals surface area contributed by atoms with E-state index in [2.05, 4.69) is 19.1 Å². The fourth-order valence-corrected chi connectivity index (χ4v) is 2.94. The predicted molar refractivity (Wildman–Crippen MR) is 112 cm³/mol. The maximum Gasteiger partial charge on any atom is 0.166 e. The summed E-state index contributed by atoms with van der Waals surface area (Å²) in [7, 11) is 0. The van der Waals surface area contributed by atoms with Gasteiger partial charge < -0.3 is 9.47 Å². The topological polar surface area (TPSA) is 35.5 Å². The van der Waals surface area contributed by atoms with Gasteiger partial charge in [-0.2, -0.15) is 0 Å². The van der Waals surface area contributed by atoms with E-state index in [4.69, 9.17) is 9.47 Å². The van der Waals surface area contributed by atoms with E-state index >= 15 is 0 Å². The number of halogens is 1. The molecule has 0 radical (unpaired) electrons. The van der Waals surface area contributed by atoms with Gasteiger partial charge in [0.15, 0.2) is 5.78 Å². The van der Waals surface area contributed by atoms with Crippen LogP contribution in [0.2, 0.25) is 0 Å². The Morgan fingerprint density at radius 1 is 0.862 bits per heavy atom. The molecule has 3 aromatic carbocycles. The second-order valence-corrected chi connectivity index (χ2v) is 6.78. The summed E-state index contributed by atoms with van der Waals surface area (Å²) >= 11 is 0. The van der Waals surface area contributed by atoms with Crippen LogP contribution in [0.5, 0.6) is 11.5 Å². The number of rotatable bonds is 10. The summed E-state index contributed by atoms with van der Waals surface area (Å²) in [5.41, 5.74) is 2.67. The minimum Gasteiger partial charge on any atom is -0.494 e. The van der Waals surface area contributed by atoms with E-state index in [1.54, 1.807) is 24.3 Å². The number of hydrogen-bond donors (Lipinski definition) is 0. The number of hydrogen-bond acceptors (Lipinski definition) is 3. The summed E-state index contributed by atoms with van der Waals surface area (Å²) in [5.74, 6) is 1.09. The van der Waals surface area contributed by atoms with E-state index in [-0.39, 0.29) is 18.2 Å². The van der Waals surface area contributed by atoms with Crippen LogP contribution in [0.4, 0.5) is 4.39 Å². The maximum atomic E-state index is 13.0. The Morgan fingerprint density at radius 2 is 1.55 bits per heavy atom. The van der Waals surface area contributed by atoms with E-state index < -0.39 is 0 Å². The van der Waals surface area contributed by atoms with Gasteiger partial charge in [-0.05, 0) is 60.4 Å². The number of Topliss-reactive ketones (excluding diaryl/α,β-unsaturated/α-hetero) is 1. The largest absolute Gasteiger partial charge is 0.494 e. The Hall–Kier alpha value is -3.14. The summed E-state index contributed by atoms with van der Waals surface area (Å²) in [6.07, 6.45) is 2.00. The standard InChI is InChI=1S/C25H25FO3/c1-2-19-11-15-22(16-12-19)28-17-5-7-24(27)23-6-3-4-8-25(23)29-18-20-9-13-21(26)14-10-20/h3-4,6,8-16H,2,5,7,17-18H2,1H3. The minimum atomic E-state index is -0.284. The van der Waals surface area contributed by atoms with E-state index in [1.807, 2.05) is 24.3 Å². The molecule has 3 rings (SSSR count). The second kappa shape index (κ2) is 10.4. The van der Waals surface area contributed by atoms with Crippen molar-refractivity contribution in [1.82, 2.24) is 0 Å². The zero-order valence-corrected chi connectivity index (χ0v) is 16.6. The monoisotopic (exact) mass is 392 g/mol. The van der Waals surface area contributed by atoms with Gasteiger partial charge in [-0.15, -0.1) is 0 Å². The third-order valence-electron chi connectivity index (χ3n) is 4.64. The molecular formula is C25H25FO3. The maximum absolute atomic E-state index is 13.0. The first-order valence-corrected chi connectivity index (χ1v) is 9.87. The Bertz CT molecular complexity index is 918. The van der Waals surface area contributed by atoms with Crippen molar-refractivity contribution in [3.05, 3.63) is 95.3 Å². The molecule has 29 heavy (non-hydrogen) atoms. The van der Waals surface area contributed by atoms with Crippen molar-refractivity contribution < 1.29 is 18.7 Å². The van der Waals surface area contributed by atoms with Crippen LogP contribution in [0.1, 0.15) is 41.3 Å². The van der Waals surface area contributed by atoms with Crippen LogP contribution in [0.25, 0.3) is 0 Å². The number of carbonyl (C=O) groups excluding carboxylic acids is 1. The van der Waals surface area contributed by atoms with Gasteiger partial charge in [0.1, 0.15) is 23.9 Å². The van der Waals surface area contributed by atoms with E-state index in [0.29, 0.717) is 30.8 Å². The Kier molecular flexibility index (Phi) is 7.40. The number of aryl methyl sites for hydroxylation is 1. The van der Waals surface area contributed by atoms with Crippen LogP contribution >= 0.6 is 0 Å². The number of carbonyl (C=O) groups is 1. The van der Waals surface area contributed by atoms with Crippen molar-refractivity contribution in [1.29, 1.82) is 0 Å². The third-order valence-corrected chi connectivity index (χ3v) is 4.64. The molecule has 0 unspecified atom stereocenters. The minimum absolute atomic E-state index is 0.0182. The van der Waals surface area contributed by atoms with E-state index in [1.165, 1.54) is 17.7 Å². The van der Waals surface area contributed by atoms with Gasteiger partial charge in [-0.25, -0.2) is 4.39 Å². The highest BCUT2D eigenvalue weighted by atomic mass is 19.1. The van der Waals surface area contributed by atoms with Crippen molar-refractivity contribution in [2.24, 2.45) is 0 Å². The molecule has 0 saturated heterocycles. The average Bonchev–Trinajstić information content (AvgIpc) is 2.77. The molecule has 0 atom stereocenters. The third kappa shape index (κ3) is 6.18. The summed E-state index contributed by atoms with van der Waals surface area (Å²) < 4.78 is 24.5. The first kappa shape index (κ1) is 20.6. The molecule has 4 heteroatoms. The molecule has 3 nitrogen and oxygen atoms in total. The summed E-state index contributed by atoms with van der Waals surface area (Å²) in [4.78, 5) is 12.6. The molecule has 0 fully saturated rings. The van der Waals surface area contributed by atoms with Crippen LogP contribution in [0, 0.1) is 5.82 Å². The quantitative estimate of drug-likeness (QED) is 0.313. The molecule has 0 bridgehead atoms. The lowest BCUT2D eigenvalue weighted by Crippen LogP contribution is -2.07. The molecule has 3 aromatic rings. The number of ketones is 1. The second-order valence-electron chi connectivity index (χ2n) is 6.78. The van der Waals surface area contributed by atoms with Gasteiger partial charge in [0.05, 0.1) is 12.2 Å². The lowest BCUT2D eigenvalue weighted by atomic mass is 10.1. The summed E-state index contributed by atoms with van der Waals surface area (Å²) in [5, 5.41) is 0. The zero-order valence-electron chi connectivity index (χ0n) is 16.6. The number of ether oxygens (including phenoxy) is 2. The first-order chi connectivity index (χ1) is 14.2. The molecule has 150 valence electrons. The average molecular weight is 392 g/mol. The van der Waals surface area contributed by atoms with Crippen molar-refractivity contribution in [3.8, 4) is 11.5 Å². The lowest BCUT2D eigenvalue weighted by Gasteiger charge is -2.11. The van der Waals surface area contributed by atoms with Gasteiger partial charge in [0.25, 0.3) is 0 Å².